The second kappa shape index (κ2) is 8.82. The van der Waals surface area contributed by atoms with Gasteiger partial charge in [0.15, 0.2) is 0 Å². The Kier molecular flexibility index (Phi) is 5.94. The molecule has 3 fully saturated rings. The van der Waals surface area contributed by atoms with Gasteiger partial charge in [-0.1, -0.05) is 36.4 Å². The van der Waals surface area contributed by atoms with E-state index in [1.165, 1.54) is 0 Å². The van der Waals surface area contributed by atoms with Crippen LogP contribution in [0.15, 0.2) is 48.5 Å². The molecule has 3 aliphatic rings. The first kappa shape index (κ1) is 23.6. The maximum absolute atomic E-state index is 14.5. The predicted octanol–water partition coefficient (Wildman–Crippen LogP) is 4.24. The normalized spacial score (nSPS) is 25.0. The second-order valence-corrected chi connectivity index (χ2v) is 9.50. The monoisotopic (exact) mass is 492 g/mol. The van der Waals surface area contributed by atoms with Crippen molar-refractivity contribution in [3.05, 3.63) is 71.0 Å². The van der Waals surface area contributed by atoms with Gasteiger partial charge in [0.2, 0.25) is 5.91 Å². The fourth-order valence-corrected chi connectivity index (χ4v) is 4.97. The van der Waals surface area contributed by atoms with Gasteiger partial charge in [-0.05, 0) is 36.1 Å². The lowest BCUT2D eigenvalue weighted by molar-refractivity contribution is -0.159. The van der Waals surface area contributed by atoms with Crippen molar-refractivity contribution in [3.63, 3.8) is 0 Å². The lowest BCUT2D eigenvalue weighted by Crippen LogP contribution is -2.62. The summed E-state index contributed by atoms with van der Waals surface area (Å²) in [5, 5.41) is 2.77. The summed E-state index contributed by atoms with van der Waals surface area (Å²) in [6, 6.07) is 11.6. The topological polar surface area (TPSA) is 67.9 Å². The second-order valence-electron chi connectivity index (χ2n) is 9.50. The Morgan fingerprint density at radius 2 is 1.89 bits per heavy atom. The molecule has 2 heterocycles. The third kappa shape index (κ3) is 4.84. The highest BCUT2D eigenvalue weighted by Gasteiger charge is 2.54. The van der Waals surface area contributed by atoms with Gasteiger partial charge >= 0.3 is 12.3 Å². The van der Waals surface area contributed by atoms with Crippen LogP contribution in [-0.2, 0) is 26.9 Å². The molecular weight excluding hydrogens is 468 g/mol. The average Bonchev–Trinajstić information content (AvgIpc) is 3.16. The number of nitrogens with zero attached hydrogens (tertiary/aromatic N) is 1. The molecule has 2 aromatic carbocycles. The van der Waals surface area contributed by atoms with Gasteiger partial charge in [-0.3, -0.25) is 4.79 Å². The molecule has 1 atom stereocenters. The fourth-order valence-electron chi connectivity index (χ4n) is 4.97. The molecule has 0 bridgehead atoms. The van der Waals surface area contributed by atoms with Gasteiger partial charge in [-0.15, -0.1) is 0 Å². The predicted molar refractivity (Wildman–Crippen MR) is 116 cm³/mol. The molecule has 2 saturated heterocycles. The van der Waals surface area contributed by atoms with E-state index in [0.29, 0.717) is 32.0 Å². The minimum absolute atomic E-state index is 0.00155. The average molecular weight is 492 g/mol. The molecule has 1 aliphatic carbocycles. The van der Waals surface area contributed by atoms with Crippen LogP contribution in [0.1, 0.15) is 35.6 Å². The van der Waals surface area contributed by atoms with Crippen molar-refractivity contribution in [2.75, 3.05) is 19.7 Å². The summed E-state index contributed by atoms with van der Waals surface area (Å²) in [6.45, 7) is 1.04. The lowest BCUT2D eigenvalue weighted by atomic mass is 9.68. The van der Waals surface area contributed by atoms with Gasteiger partial charge in [0.25, 0.3) is 0 Å². The number of carbonyl (C=O) groups excluding carboxylic acids is 2. The minimum Gasteiger partial charge on any atom is -0.447 e. The highest BCUT2D eigenvalue weighted by Crippen LogP contribution is 2.42. The first-order valence-electron chi connectivity index (χ1n) is 11.4. The molecule has 0 radical (unpaired) electrons. The summed E-state index contributed by atoms with van der Waals surface area (Å²) in [5.41, 5.74) is -0.567. The third-order valence-electron chi connectivity index (χ3n) is 6.94. The van der Waals surface area contributed by atoms with E-state index < -0.39 is 35.3 Å². The number of benzene rings is 2. The SMILES string of the molecule is O=C1NC2(CO1)CC(C(=O)N1CC(OC(Cc3ccc(C(F)(F)F)cc3F)c3ccccc3)C1)C2. The number of halogens is 4. The van der Waals surface area contributed by atoms with Crippen LogP contribution in [0.5, 0.6) is 0 Å². The minimum atomic E-state index is -4.62. The lowest BCUT2D eigenvalue weighted by Gasteiger charge is -2.47. The molecule has 35 heavy (non-hydrogen) atoms. The van der Waals surface area contributed by atoms with E-state index in [4.69, 9.17) is 9.47 Å². The Labute approximate surface area is 199 Å². The molecule has 2 aliphatic heterocycles. The van der Waals surface area contributed by atoms with E-state index in [0.717, 1.165) is 17.7 Å². The molecule has 1 unspecified atom stereocenters. The van der Waals surface area contributed by atoms with Crippen LogP contribution >= 0.6 is 0 Å². The van der Waals surface area contributed by atoms with Gasteiger partial charge in [0.05, 0.1) is 23.3 Å². The molecule has 1 saturated carbocycles. The number of ether oxygens (including phenoxy) is 2. The van der Waals surface area contributed by atoms with Gasteiger partial charge < -0.3 is 19.7 Å². The van der Waals surface area contributed by atoms with Gasteiger partial charge in [0, 0.05) is 25.4 Å². The molecular formula is C25H24F4N2O4. The number of nitrogens with one attached hydrogen (secondary N) is 1. The first-order valence-corrected chi connectivity index (χ1v) is 11.4. The number of likely N-dealkylation sites (tertiary alicyclic amines) is 1. The molecule has 10 heteroatoms. The molecule has 0 aromatic heterocycles. The molecule has 6 nitrogen and oxygen atoms in total. The zero-order chi connectivity index (χ0) is 24.8. The molecule has 1 spiro atoms. The van der Waals surface area contributed by atoms with Crippen LogP contribution in [0.4, 0.5) is 22.4 Å². The van der Waals surface area contributed by atoms with Crippen molar-refractivity contribution < 1.29 is 36.6 Å². The molecule has 2 aromatic rings. The number of rotatable bonds is 6. The van der Waals surface area contributed by atoms with Crippen LogP contribution in [-0.4, -0.2) is 48.2 Å². The Bertz CT molecular complexity index is 1110. The summed E-state index contributed by atoms with van der Waals surface area (Å²) in [6.07, 6.45) is -4.78. The van der Waals surface area contributed by atoms with E-state index in [1.807, 2.05) is 30.3 Å². The van der Waals surface area contributed by atoms with E-state index in [1.54, 1.807) is 4.90 Å². The molecule has 1 N–H and O–H groups in total. The van der Waals surface area contributed by atoms with Crippen LogP contribution in [0.25, 0.3) is 0 Å². The Hall–Kier alpha value is -3.14. The number of alkyl carbamates (subject to hydrolysis) is 1. The number of hydrogen-bond acceptors (Lipinski definition) is 4. The summed E-state index contributed by atoms with van der Waals surface area (Å²) in [5.74, 6) is -1.11. The van der Waals surface area contributed by atoms with Crippen molar-refractivity contribution in [3.8, 4) is 0 Å². The van der Waals surface area contributed by atoms with Gasteiger partial charge in [0.1, 0.15) is 12.4 Å². The largest absolute Gasteiger partial charge is 0.447 e. The zero-order valence-corrected chi connectivity index (χ0v) is 18.7. The van der Waals surface area contributed by atoms with Crippen molar-refractivity contribution in [1.29, 1.82) is 0 Å². The summed E-state index contributed by atoms with van der Waals surface area (Å²) < 4.78 is 64.3. The highest BCUT2D eigenvalue weighted by molar-refractivity contribution is 5.82. The molecule has 186 valence electrons. The van der Waals surface area contributed by atoms with Crippen LogP contribution < -0.4 is 5.32 Å². The van der Waals surface area contributed by atoms with Crippen molar-refractivity contribution in [1.82, 2.24) is 10.2 Å². The number of amides is 2. The smallest absolute Gasteiger partial charge is 0.416 e. The Morgan fingerprint density at radius 3 is 2.49 bits per heavy atom. The van der Waals surface area contributed by atoms with Crippen LogP contribution in [0.2, 0.25) is 0 Å². The maximum atomic E-state index is 14.5. The number of carbonyl (C=O) groups is 2. The number of alkyl halides is 3. The van der Waals surface area contributed by atoms with Crippen molar-refractivity contribution >= 4 is 12.0 Å². The Balaban J connectivity index is 1.20. The number of cyclic esters (lactones) is 1. The van der Waals surface area contributed by atoms with E-state index >= 15 is 0 Å². The fraction of sp³-hybridized carbons (Fsp3) is 0.440. The van der Waals surface area contributed by atoms with E-state index in [2.05, 4.69) is 5.32 Å². The van der Waals surface area contributed by atoms with Crippen LogP contribution in [0, 0.1) is 11.7 Å². The van der Waals surface area contributed by atoms with Crippen molar-refractivity contribution in [2.24, 2.45) is 5.92 Å². The standard InChI is InChI=1S/C25H24F4N2O4/c26-20-9-18(25(27,28)29)7-6-16(20)8-21(15-4-2-1-3-5-15)35-19-12-31(13-19)22(32)17-10-24(11-17)14-34-23(33)30-24/h1-7,9,17,19,21H,8,10-14H2,(H,30,33). The quantitative estimate of drug-likeness (QED) is 0.613. The van der Waals surface area contributed by atoms with Gasteiger partial charge in [-0.25, -0.2) is 9.18 Å². The Morgan fingerprint density at radius 1 is 1.17 bits per heavy atom. The first-order chi connectivity index (χ1) is 16.6. The van der Waals surface area contributed by atoms with Crippen molar-refractivity contribution in [2.45, 2.75) is 43.2 Å². The molecule has 2 amide bonds. The maximum Gasteiger partial charge on any atom is 0.416 e. The zero-order valence-electron chi connectivity index (χ0n) is 18.7. The number of hydrogen-bond donors (Lipinski definition) is 1. The third-order valence-corrected chi connectivity index (χ3v) is 6.94. The van der Waals surface area contributed by atoms with E-state index in [-0.39, 0.29) is 36.5 Å². The van der Waals surface area contributed by atoms with Gasteiger partial charge in [-0.2, -0.15) is 13.2 Å². The summed E-state index contributed by atoms with van der Waals surface area (Å²) in [7, 11) is 0. The van der Waals surface area contributed by atoms with E-state index in [9.17, 15) is 27.2 Å². The summed E-state index contributed by atoms with van der Waals surface area (Å²) >= 11 is 0. The highest BCUT2D eigenvalue weighted by atomic mass is 19.4. The summed E-state index contributed by atoms with van der Waals surface area (Å²) in [4.78, 5) is 25.7. The molecule has 5 rings (SSSR count). The van der Waals surface area contributed by atoms with Crippen LogP contribution in [0.3, 0.4) is 0 Å².